The maximum Gasteiger partial charge on any atom is 0.306 e. The smallest absolute Gasteiger partial charge is 0.306 e. The Kier molecular flexibility index (Phi) is 57.4. The summed E-state index contributed by atoms with van der Waals surface area (Å²) in [5.41, 5.74) is 0. The van der Waals surface area contributed by atoms with Crippen LogP contribution in [0.5, 0.6) is 0 Å². The van der Waals surface area contributed by atoms with Crippen molar-refractivity contribution >= 4 is 17.9 Å². The fourth-order valence-corrected chi connectivity index (χ4v) is 8.22. The maximum atomic E-state index is 12.8. The lowest BCUT2D eigenvalue weighted by Gasteiger charge is -2.18. The predicted molar refractivity (Wildman–Crippen MR) is 316 cm³/mol. The minimum atomic E-state index is -0.780. The molecule has 0 aliphatic carbocycles. The summed E-state index contributed by atoms with van der Waals surface area (Å²) in [6.07, 6.45) is 82.6. The van der Waals surface area contributed by atoms with Gasteiger partial charge in [-0.25, -0.2) is 0 Å². The van der Waals surface area contributed by atoms with E-state index >= 15 is 0 Å². The van der Waals surface area contributed by atoms with Gasteiger partial charge >= 0.3 is 17.9 Å². The quantitative estimate of drug-likeness (QED) is 0.0261. The predicted octanol–water partition coefficient (Wildman–Crippen LogP) is 20.7. The molecule has 416 valence electrons. The van der Waals surface area contributed by atoms with Gasteiger partial charge in [0, 0.05) is 19.3 Å². The molecular weight excluding hydrogens is 901 g/mol. The Balaban J connectivity index is 4.07. The van der Waals surface area contributed by atoms with Gasteiger partial charge in [0.2, 0.25) is 0 Å². The minimum Gasteiger partial charge on any atom is -0.462 e. The average molecular weight is 1010 g/mol. The fourth-order valence-electron chi connectivity index (χ4n) is 8.22. The molecule has 0 amide bonds. The number of allylic oxidation sites excluding steroid dienone is 18. The molecule has 0 aromatic heterocycles. The van der Waals surface area contributed by atoms with E-state index in [1.165, 1.54) is 116 Å². The molecule has 0 saturated carbocycles. The zero-order valence-corrected chi connectivity index (χ0v) is 47.6. The van der Waals surface area contributed by atoms with Crippen LogP contribution >= 0.6 is 0 Å². The van der Waals surface area contributed by atoms with E-state index in [0.29, 0.717) is 19.3 Å². The highest BCUT2D eigenvalue weighted by Crippen LogP contribution is 2.15. The van der Waals surface area contributed by atoms with Crippen LogP contribution in [0, 0.1) is 0 Å². The first-order valence-electron chi connectivity index (χ1n) is 30.4. The summed E-state index contributed by atoms with van der Waals surface area (Å²) in [4.78, 5) is 37.9. The van der Waals surface area contributed by atoms with E-state index in [9.17, 15) is 14.4 Å². The van der Waals surface area contributed by atoms with Gasteiger partial charge in [-0.1, -0.05) is 259 Å². The molecule has 1 unspecified atom stereocenters. The van der Waals surface area contributed by atoms with Crippen LogP contribution in [0.3, 0.4) is 0 Å². The fraction of sp³-hybridized carbons (Fsp3) is 0.687. The molecule has 1 atom stereocenters. The number of carbonyl (C=O) groups excluding carboxylic acids is 3. The topological polar surface area (TPSA) is 78.9 Å². The van der Waals surface area contributed by atoms with Crippen LogP contribution in [0.25, 0.3) is 0 Å². The number of carbonyl (C=O) groups is 3. The zero-order valence-electron chi connectivity index (χ0n) is 47.6. The van der Waals surface area contributed by atoms with Gasteiger partial charge in [0.15, 0.2) is 6.10 Å². The van der Waals surface area contributed by atoms with Gasteiger partial charge in [-0.3, -0.25) is 14.4 Å². The van der Waals surface area contributed by atoms with Gasteiger partial charge in [0.05, 0.1) is 0 Å². The van der Waals surface area contributed by atoms with Crippen molar-refractivity contribution in [2.75, 3.05) is 13.2 Å². The van der Waals surface area contributed by atoms with Gasteiger partial charge in [-0.2, -0.15) is 0 Å². The Morgan fingerprint density at radius 3 is 0.863 bits per heavy atom. The Bertz CT molecular complexity index is 1490. The first-order chi connectivity index (χ1) is 36.0. The second-order valence-electron chi connectivity index (χ2n) is 19.9. The summed E-state index contributed by atoms with van der Waals surface area (Å²) in [6.45, 7) is 6.46. The van der Waals surface area contributed by atoms with Crippen molar-refractivity contribution < 1.29 is 28.6 Å². The lowest BCUT2D eigenvalue weighted by atomic mass is 10.1. The highest BCUT2D eigenvalue weighted by molar-refractivity contribution is 5.71. The third kappa shape index (κ3) is 58.8. The number of hydrogen-bond acceptors (Lipinski definition) is 6. The molecule has 0 fully saturated rings. The molecule has 0 rings (SSSR count). The molecule has 0 radical (unpaired) electrons. The van der Waals surface area contributed by atoms with Crippen LogP contribution in [-0.2, 0) is 28.6 Å². The molecule has 0 aromatic rings. The van der Waals surface area contributed by atoms with Crippen molar-refractivity contribution in [3.63, 3.8) is 0 Å². The van der Waals surface area contributed by atoms with Gasteiger partial charge in [-0.15, -0.1) is 0 Å². The zero-order chi connectivity index (χ0) is 52.9. The van der Waals surface area contributed by atoms with Crippen LogP contribution in [-0.4, -0.2) is 37.2 Å². The number of unbranched alkanes of at least 4 members (excludes halogenated alkanes) is 25. The largest absolute Gasteiger partial charge is 0.462 e. The Morgan fingerprint density at radius 1 is 0.288 bits per heavy atom. The maximum absolute atomic E-state index is 12.8. The highest BCUT2D eigenvalue weighted by atomic mass is 16.6. The summed E-state index contributed by atoms with van der Waals surface area (Å²) in [5, 5.41) is 0. The number of ether oxygens (including phenoxy) is 3. The van der Waals surface area contributed by atoms with Gasteiger partial charge in [0.1, 0.15) is 13.2 Å². The van der Waals surface area contributed by atoms with Crippen molar-refractivity contribution in [1.29, 1.82) is 0 Å². The van der Waals surface area contributed by atoms with Gasteiger partial charge < -0.3 is 14.2 Å². The Hall–Kier alpha value is -3.93. The molecule has 0 aromatic carbocycles. The molecule has 73 heavy (non-hydrogen) atoms. The molecular formula is C67H112O6. The van der Waals surface area contributed by atoms with Crippen LogP contribution < -0.4 is 0 Å². The molecule has 0 heterocycles. The third-order valence-corrected chi connectivity index (χ3v) is 12.8. The van der Waals surface area contributed by atoms with Crippen molar-refractivity contribution in [3.05, 3.63) is 109 Å². The van der Waals surface area contributed by atoms with Crippen LogP contribution in [0.4, 0.5) is 0 Å². The van der Waals surface area contributed by atoms with Crippen molar-refractivity contribution in [2.24, 2.45) is 0 Å². The summed E-state index contributed by atoms with van der Waals surface area (Å²) in [5.74, 6) is -0.899. The second kappa shape index (κ2) is 60.6. The lowest BCUT2D eigenvalue weighted by Crippen LogP contribution is -2.30. The minimum absolute atomic E-state index is 0.0807. The van der Waals surface area contributed by atoms with E-state index < -0.39 is 6.10 Å². The van der Waals surface area contributed by atoms with E-state index in [4.69, 9.17) is 14.2 Å². The SMILES string of the molecule is CC/C=C\C/C=C\C/C=C\C/C=C\C/C=C\C/C=C\C/C=C\C/C=C\CCCCCCCCCCCCC(=O)OCC(COC(=O)CCCCCCCCC)OC(=O)CCCCCCC/C=C\CCCCCC. The highest BCUT2D eigenvalue weighted by Gasteiger charge is 2.19. The molecule has 0 saturated heterocycles. The second-order valence-corrected chi connectivity index (χ2v) is 19.9. The molecule has 0 spiro atoms. The Morgan fingerprint density at radius 2 is 0.534 bits per heavy atom. The first-order valence-corrected chi connectivity index (χ1v) is 30.4. The van der Waals surface area contributed by atoms with Crippen molar-refractivity contribution in [1.82, 2.24) is 0 Å². The standard InChI is InChI=1S/C67H112O6/c1-4-7-10-13-16-18-20-22-23-24-25-26-27-28-29-30-31-32-33-34-35-36-37-38-39-40-41-42-43-45-46-48-51-54-57-60-66(69)72-63-64(62-71-65(68)59-56-53-50-15-12-9-6-3)73-67(70)61-58-55-52-49-47-44-21-19-17-14-11-8-5-2/h7,10,16,18-19,21-23,25-26,28-29,31-32,34-35,37-38,64H,4-6,8-9,11-15,17,20,24,27,30,33,36,39-63H2,1-3H3/b10-7-,18-16-,21-19-,23-22-,26-25-,29-28-,32-31-,35-34-,38-37-. The number of esters is 3. The number of rotatable bonds is 54. The molecule has 0 N–H and O–H groups in total. The molecule has 6 heteroatoms. The van der Waals surface area contributed by atoms with Crippen molar-refractivity contribution in [3.8, 4) is 0 Å². The van der Waals surface area contributed by atoms with E-state index in [2.05, 4.69) is 130 Å². The van der Waals surface area contributed by atoms with E-state index in [1.54, 1.807) is 0 Å². The summed E-state index contributed by atoms with van der Waals surface area (Å²) < 4.78 is 16.8. The summed E-state index contributed by atoms with van der Waals surface area (Å²) >= 11 is 0. The van der Waals surface area contributed by atoms with Gasteiger partial charge in [-0.05, 0) is 109 Å². The van der Waals surface area contributed by atoms with Crippen LogP contribution in [0.1, 0.15) is 278 Å². The van der Waals surface area contributed by atoms with E-state index in [0.717, 1.165) is 122 Å². The monoisotopic (exact) mass is 1010 g/mol. The average Bonchev–Trinajstić information content (AvgIpc) is 3.39. The Labute approximate surface area is 450 Å². The van der Waals surface area contributed by atoms with Gasteiger partial charge in [0.25, 0.3) is 0 Å². The van der Waals surface area contributed by atoms with Crippen LogP contribution in [0.15, 0.2) is 109 Å². The summed E-state index contributed by atoms with van der Waals surface area (Å²) in [7, 11) is 0. The summed E-state index contributed by atoms with van der Waals surface area (Å²) in [6, 6.07) is 0. The lowest BCUT2D eigenvalue weighted by molar-refractivity contribution is -0.167. The van der Waals surface area contributed by atoms with E-state index in [1.807, 2.05) is 0 Å². The molecule has 0 bridgehead atoms. The first kappa shape index (κ1) is 69.1. The normalized spacial score (nSPS) is 12.9. The molecule has 0 aliphatic rings. The third-order valence-electron chi connectivity index (χ3n) is 12.8. The van der Waals surface area contributed by atoms with Crippen molar-refractivity contribution in [2.45, 2.75) is 284 Å². The molecule has 0 aliphatic heterocycles. The van der Waals surface area contributed by atoms with E-state index in [-0.39, 0.29) is 31.1 Å². The number of hydrogen-bond donors (Lipinski definition) is 0. The molecule has 6 nitrogen and oxygen atoms in total. The van der Waals surface area contributed by atoms with Crippen LogP contribution in [0.2, 0.25) is 0 Å².